The topological polar surface area (TPSA) is 88.2 Å². The summed E-state index contributed by atoms with van der Waals surface area (Å²) in [7, 11) is 0. The molecule has 0 spiro atoms. The Balaban J connectivity index is 1.26. The fraction of sp³-hybridized carbons (Fsp3) is 0.261. The van der Waals surface area contributed by atoms with E-state index in [0.29, 0.717) is 16.8 Å². The number of carbonyl (C=O) groups excluding carboxylic acids is 1. The van der Waals surface area contributed by atoms with E-state index >= 15 is 0 Å². The number of nitrogens with one attached hydrogen (secondary N) is 3. The van der Waals surface area contributed by atoms with Crippen LogP contribution >= 0.6 is 11.6 Å². The lowest BCUT2D eigenvalue weighted by Crippen LogP contribution is -2.18. The van der Waals surface area contributed by atoms with Crippen molar-refractivity contribution in [2.45, 2.75) is 37.8 Å². The number of hydrogen-bond donors (Lipinski definition) is 3. The minimum atomic E-state index is -0.358. The smallest absolute Gasteiger partial charge is 0.408 e. The lowest BCUT2D eigenvalue weighted by Gasteiger charge is -2.14. The molecule has 0 saturated carbocycles. The van der Waals surface area contributed by atoms with E-state index < -0.39 is 0 Å². The molecular weight excluding hydrogens is 414 g/mol. The maximum absolute atomic E-state index is 11.5. The average molecular weight is 434 g/mol. The molecule has 3 aliphatic rings. The molecule has 2 aromatic carbocycles. The lowest BCUT2D eigenvalue weighted by molar-refractivity contribution is 0.136. The van der Waals surface area contributed by atoms with Crippen LogP contribution in [0.4, 0.5) is 27.9 Å². The lowest BCUT2D eigenvalue weighted by atomic mass is 10.1. The minimum absolute atomic E-state index is 0.104. The van der Waals surface area contributed by atoms with Crippen molar-refractivity contribution in [3.8, 4) is 0 Å². The zero-order valence-corrected chi connectivity index (χ0v) is 17.4. The van der Waals surface area contributed by atoms with Crippen LogP contribution in [0.3, 0.4) is 0 Å². The summed E-state index contributed by atoms with van der Waals surface area (Å²) < 4.78 is 5.32. The van der Waals surface area contributed by atoms with E-state index in [1.807, 2.05) is 18.2 Å². The zero-order chi connectivity index (χ0) is 20.9. The van der Waals surface area contributed by atoms with Gasteiger partial charge in [0.1, 0.15) is 11.1 Å². The van der Waals surface area contributed by atoms with Gasteiger partial charge in [0.2, 0.25) is 5.95 Å². The van der Waals surface area contributed by atoms with Crippen LogP contribution < -0.4 is 16.0 Å². The van der Waals surface area contributed by atoms with Gasteiger partial charge in [-0.1, -0.05) is 29.8 Å². The summed E-state index contributed by atoms with van der Waals surface area (Å²) in [5, 5.41) is 9.99. The number of anilines is 4. The van der Waals surface area contributed by atoms with E-state index in [1.54, 1.807) is 6.20 Å². The highest BCUT2D eigenvalue weighted by Crippen LogP contribution is 2.38. The Morgan fingerprint density at radius 1 is 1.13 bits per heavy atom. The van der Waals surface area contributed by atoms with E-state index in [2.05, 4.69) is 44.1 Å². The maximum Gasteiger partial charge on any atom is 0.408 e. The van der Waals surface area contributed by atoms with Crippen LogP contribution in [0, 0.1) is 0 Å². The average Bonchev–Trinajstić information content (AvgIpc) is 3.45. The van der Waals surface area contributed by atoms with Gasteiger partial charge in [-0.25, -0.2) is 9.78 Å². The van der Waals surface area contributed by atoms with Crippen LogP contribution in [0.15, 0.2) is 42.6 Å². The zero-order valence-electron chi connectivity index (χ0n) is 16.6. The van der Waals surface area contributed by atoms with Crippen LogP contribution in [0.25, 0.3) is 0 Å². The molecule has 2 atom stereocenters. The number of benzene rings is 2. The second-order valence-corrected chi connectivity index (χ2v) is 8.53. The number of aromatic nitrogens is 2. The van der Waals surface area contributed by atoms with Gasteiger partial charge in [-0.05, 0) is 59.7 Å². The third-order valence-electron chi connectivity index (χ3n) is 6.20. The third-order valence-corrected chi connectivity index (χ3v) is 6.48. The van der Waals surface area contributed by atoms with Gasteiger partial charge in [-0.15, -0.1) is 0 Å². The summed E-state index contributed by atoms with van der Waals surface area (Å²) >= 11 is 6.38. The van der Waals surface area contributed by atoms with E-state index in [4.69, 9.17) is 16.3 Å². The predicted molar refractivity (Wildman–Crippen MR) is 118 cm³/mol. The van der Waals surface area contributed by atoms with E-state index in [-0.39, 0.29) is 18.2 Å². The molecular formula is C23H20ClN5O2. The summed E-state index contributed by atoms with van der Waals surface area (Å²) in [6.45, 7) is 0. The van der Waals surface area contributed by atoms with E-state index in [1.165, 1.54) is 23.1 Å². The SMILES string of the molecule is O=C1N[C@@H]2c3cc(Nc4ncc(Cl)c(Nc5cccc6c5CCC6)n4)ccc3CC2O1. The first-order chi connectivity index (χ1) is 15.1. The minimum Gasteiger partial charge on any atom is -0.443 e. The molecule has 1 aliphatic heterocycles. The molecule has 31 heavy (non-hydrogen) atoms. The number of alkyl carbamates (subject to hydrolysis) is 1. The number of aryl methyl sites for hydroxylation is 1. The maximum atomic E-state index is 11.5. The molecule has 0 radical (unpaired) electrons. The molecule has 3 N–H and O–H groups in total. The molecule has 156 valence electrons. The van der Waals surface area contributed by atoms with E-state index in [9.17, 15) is 4.79 Å². The first-order valence-corrected chi connectivity index (χ1v) is 10.8. The molecule has 1 amide bonds. The van der Waals surface area contributed by atoms with Gasteiger partial charge in [0.15, 0.2) is 5.82 Å². The molecule has 8 heteroatoms. The summed E-state index contributed by atoms with van der Waals surface area (Å²) in [6.07, 6.45) is 5.17. The number of rotatable bonds is 4. The summed E-state index contributed by atoms with van der Waals surface area (Å²) in [4.78, 5) is 20.5. The molecule has 6 rings (SSSR count). The number of halogens is 1. The van der Waals surface area contributed by atoms with E-state index in [0.717, 1.165) is 36.2 Å². The highest BCUT2D eigenvalue weighted by atomic mass is 35.5. The Hall–Kier alpha value is -3.32. The van der Waals surface area contributed by atoms with Gasteiger partial charge in [-0.3, -0.25) is 0 Å². The Morgan fingerprint density at radius 3 is 3.00 bits per heavy atom. The predicted octanol–water partition coefficient (Wildman–Crippen LogP) is 4.81. The first-order valence-electron chi connectivity index (χ1n) is 10.4. The van der Waals surface area contributed by atoms with Crippen LogP contribution in [-0.2, 0) is 24.0 Å². The Morgan fingerprint density at radius 2 is 2.06 bits per heavy atom. The van der Waals surface area contributed by atoms with Gasteiger partial charge < -0.3 is 20.7 Å². The van der Waals surface area contributed by atoms with Crippen molar-refractivity contribution in [1.82, 2.24) is 15.3 Å². The van der Waals surface area contributed by atoms with Crippen molar-refractivity contribution in [2.24, 2.45) is 0 Å². The number of nitrogens with zero attached hydrogens (tertiary/aromatic N) is 2. The highest BCUT2D eigenvalue weighted by molar-refractivity contribution is 6.32. The van der Waals surface area contributed by atoms with Gasteiger partial charge in [0.05, 0.1) is 12.2 Å². The van der Waals surface area contributed by atoms with Gasteiger partial charge in [0.25, 0.3) is 0 Å². The molecule has 2 aliphatic carbocycles. The van der Waals surface area contributed by atoms with Crippen LogP contribution in [0.1, 0.15) is 34.7 Å². The molecule has 7 nitrogen and oxygen atoms in total. The van der Waals surface area contributed by atoms with Crippen molar-refractivity contribution in [1.29, 1.82) is 0 Å². The Bertz CT molecular complexity index is 1210. The second-order valence-electron chi connectivity index (χ2n) is 8.12. The molecule has 1 fully saturated rings. The van der Waals surface area contributed by atoms with Crippen molar-refractivity contribution < 1.29 is 9.53 Å². The van der Waals surface area contributed by atoms with Crippen molar-refractivity contribution >= 4 is 40.8 Å². The second kappa shape index (κ2) is 7.13. The van der Waals surface area contributed by atoms with Gasteiger partial charge in [0, 0.05) is 17.8 Å². The molecule has 1 saturated heterocycles. The first kappa shape index (κ1) is 18.4. The number of fused-ring (bicyclic) bond motifs is 4. The number of amides is 1. The fourth-order valence-electron chi connectivity index (χ4n) is 4.77. The van der Waals surface area contributed by atoms with Crippen molar-refractivity contribution in [3.05, 3.63) is 69.9 Å². The van der Waals surface area contributed by atoms with Crippen LogP contribution in [-0.4, -0.2) is 22.2 Å². The summed E-state index contributed by atoms with van der Waals surface area (Å²) in [5.74, 6) is 1.01. The molecule has 1 unspecified atom stereocenters. The number of hydrogen-bond acceptors (Lipinski definition) is 6. The Labute approximate surface area is 184 Å². The van der Waals surface area contributed by atoms with Crippen molar-refractivity contribution in [2.75, 3.05) is 10.6 Å². The van der Waals surface area contributed by atoms with Crippen LogP contribution in [0.5, 0.6) is 0 Å². The summed E-state index contributed by atoms with van der Waals surface area (Å²) in [6, 6.07) is 12.2. The highest BCUT2D eigenvalue weighted by Gasteiger charge is 2.41. The molecule has 2 heterocycles. The van der Waals surface area contributed by atoms with Crippen LogP contribution in [0.2, 0.25) is 5.02 Å². The fourth-order valence-corrected chi connectivity index (χ4v) is 4.91. The molecule has 3 aromatic rings. The molecule has 1 aromatic heterocycles. The monoisotopic (exact) mass is 433 g/mol. The Kier molecular flexibility index (Phi) is 4.24. The normalized spacial score (nSPS) is 20.5. The van der Waals surface area contributed by atoms with Crippen molar-refractivity contribution in [3.63, 3.8) is 0 Å². The number of ether oxygens (including phenoxy) is 1. The third kappa shape index (κ3) is 3.25. The van der Waals surface area contributed by atoms with Gasteiger partial charge in [-0.2, -0.15) is 4.98 Å². The largest absolute Gasteiger partial charge is 0.443 e. The standard InChI is InChI=1S/C23H20ClN5O2/c24-17-11-25-22(29-21(17)27-18-6-2-4-12-3-1-5-15(12)18)26-14-8-7-13-9-19-20(16(13)10-14)28-23(30)31-19/h2,4,6-8,10-11,19-20H,1,3,5,9H2,(H,28,30)(H2,25,26,27,29)/t19?,20-/m1/s1. The molecule has 0 bridgehead atoms. The quantitative estimate of drug-likeness (QED) is 0.547. The summed E-state index contributed by atoms with van der Waals surface area (Å²) in [5.41, 5.74) is 6.84. The number of carbonyl (C=O) groups is 1. The van der Waals surface area contributed by atoms with Gasteiger partial charge >= 0.3 is 6.09 Å².